The Balaban J connectivity index is 2.46. The fourth-order valence-electron chi connectivity index (χ4n) is 1.26. The Morgan fingerprint density at radius 2 is 1.30 bits per heavy atom. The SMILES string of the molecule is CC1NC(C)C(C)SC1C. The van der Waals surface area contributed by atoms with Crippen LogP contribution in [0.4, 0.5) is 0 Å². The van der Waals surface area contributed by atoms with Crippen molar-refractivity contribution in [1.82, 2.24) is 5.32 Å². The van der Waals surface area contributed by atoms with E-state index >= 15 is 0 Å². The summed E-state index contributed by atoms with van der Waals surface area (Å²) in [6.45, 7) is 9.12. The molecule has 0 aromatic rings. The molecule has 10 heavy (non-hydrogen) atoms. The molecular weight excluding hydrogens is 142 g/mol. The molecular formula is C8H17NS. The lowest BCUT2D eigenvalue weighted by Gasteiger charge is -2.36. The average Bonchev–Trinajstić information content (AvgIpc) is 1.84. The van der Waals surface area contributed by atoms with Crippen molar-refractivity contribution in [3.05, 3.63) is 0 Å². The minimum atomic E-state index is 0.677. The number of nitrogens with one attached hydrogen (secondary N) is 1. The molecule has 0 aromatic heterocycles. The van der Waals surface area contributed by atoms with Gasteiger partial charge in [-0.25, -0.2) is 0 Å². The van der Waals surface area contributed by atoms with Crippen LogP contribution in [-0.4, -0.2) is 22.6 Å². The van der Waals surface area contributed by atoms with Gasteiger partial charge in [-0.3, -0.25) is 0 Å². The molecule has 1 saturated heterocycles. The highest BCUT2D eigenvalue weighted by molar-refractivity contribution is 8.00. The first-order valence-corrected chi connectivity index (χ1v) is 4.97. The van der Waals surface area contributed by atoms with Gasteiger partial charge in [0.1, 0.15) is 0 Å². The van der Waals surface area contributed by atoms with Crippen molar-refractivity contribution in [3.63, 3.8) is 0 Å². The van der Waals surface area contributed by atoms with E-state index in [1.54, 1.807) is 0 Å². The summed E-state index contributed by atoms with van der Waals surface area (Å²) in [5.74, 6) is 0. The number of thioether (sulfide) groups is 1. The maximum absolute atomic E-state index is 3.56. The molecule has 0 spiro atoms. The van der Waals surface area contributed by atoms with Crippen LogP contribution in [0.3, 0.4) is 0 Å². The Kier molecular flexibility index (Phi) is 2.64. The van der Waals surface area contributed by atoms with Crippen molar-refractivity contribution in [3.8, 4) is 0 Å². The summed E-state index contributed by atoms with van der Waals surface area (Å²) in [7, 11) is 0. The molecule has 0 radical (unpaired) electrons. The van der Waals surface area contributed by atoms with Crippen LogP contribution in [0.1, 0.15) is 27.7 Å². The fourth-order valence-corrected chi connectivity index (χ4v) is 2.57. The van der Waals surface area contributed by atoms with Crippen molar-refractivity contribution >= 4 is 11.8 Å². The summed E-state index contributed by atoms with van der Waals surface area (Å²) in [6.07, 6.45) is 0. The molecule has 1 aliphatic rings. The Morgan fingerprint density at radius 1 is 0.900 bits per heavy atom. The summed E-state index contributed by atoms with van der Waals surface area (Å²) >= 11 is 2.09. The molecule has 1 fully saturated rings. The van der Waals surface area contributed by atoms with Gasteiger partial charge in [0, 0.05) is 22.6 Å². The van der Waals surface area contributed by atoms with Crippen LogP contribution in [-0.2, 0) is 0 Å². The standard InChI is InChI=1S/C8H17NS/c1-5-7(3)10-8(4)6(2)9-5/h5-9H,1-4H3. The molecule has 1 heterocycles. The molecule has 60 valence electrons. The smallest absolute Gasteiger partial charge is 0.0173 e. The van der Waals surface area contributed by atoms with Gasteiger partial charge in [0.2, 0.25) is 0 Å². The molecule has 1 aliphatic heterocycles. The zero-order chi connectivity index (χ0) is 7.72. The molecule has 4 atom stereocenters. The molecule has 2 heteroatoms. The first kappa shape index (κ1) is 8.41. The van der Waals surface area contributed by atoms with E-state index in [2.05, 4.69) is 44.8 Å². The summed E-state index contributed by atoms with van der Waals surface area (Å²) in [5.41, 5.74) is 0. The van der Waals surface area contributed by atoms with Crippen LogP contribution < -0.4 is 5.32 Å². The van der Waals surface area contributed by atoms with E-state index in [9.17, 15) is 0 Å². The summed E-state index contributed by atoms with van der Waals surface area (Å²) in [4.78, 5) is 0. The zero-order valence-corrected chi connectivity index (χ0v) is 8.03. The van der Waals surface area contributed by atoms with Gasteiger partial charge in [-0.05, 0) is 13.8 Å². The van der Waals surface area contributed by atoms with E-state index in [-0.39, 0.29) is 0 Å². The lowest BCUT2D eigenvalue weighted by molar-refractivity contribution is 0.440. The first-order chi connectivity index (χ1) is 4.61. The predicted molar refractivity (Wildman–Crippen MR) is 48.6 cm³/mol. The topological polar surface area (TPSA) is 12.0 Å². The van der Waals surface area contributed by atoms with E-state index < -0.39 is 0 Å². The van der Waals surface area contributed by atoms with Crippen molar-refractivity contribution in [1.29, 1.82) is 0 Å². The normalized spacial score (nSPS) is 49.2. The van der Waals surface area contributed by atoms with Crippen LogP contribution in [0.2, 0.25) is 0 Å². The third kappa shape index (κ3) is 1.67. The maximum atomic E-state index is 3.56. The summed E-state index contributed by atoms with van der Waals surface area (Å²) in [5, 5.41) is 5.10. The Hall–Kier alpha value is 0.310. The number of hydrogen-bond donors (Lipinski definition) is 1. The van der Waals surface area contributed by atoms with Crippen molar-refractivity contribution in [2.45, 2.75) is 50.3 Å². The second kappa shape index (κ2) is 3.14. The van der Waals surface area contributed by atoms with E-state index in [0.29, 0.717) is 12.1 Å². The van der Waals surface area contributed by atoms with Gasteiger partial charge < -0.3 is 5.32 Å². The summed E-state index contributed by atoms with van der Waals surface area (Å²) < 4.78 is 0. The van der Waals surface area contributed by atoms with Crippen LogP contribution in [0.5, 0.6) is 0 Å². The molecule has 1 nitrogen and oxygen atoms in total. The third-order valence-corrected chi connectivity index (χ3v) is 4.04. The minimum absolute atomic E-state index is 0.677. The van der Waals surface area contributed by atoms with Crippen LogP contribution in [0.25, 0.3) is 0 Å². The lowest BCUT2D eigenvalue weighted by atomic mass is 10.1. The first-order valence-electron chi connectivity index (χ1n) is 4.02. The molecule has 0 aliphatic carbocycles. The van der Waals surface area contributed by atoms with Gasteiger partial charge in [0.25, 0.3) is 0 Å². The second-order valence-electron chi connectivity index (χ2n) is 3.29. The minimum Gasteiger partial charge on any atom is -0.310 e. The monoisotopic (exact) mass is 159 g/mol. The highest BCUT2D eigenvalue weighted by Gasteiger charge is 2.26. The van der Waals surface area contributed by atoms with Gasteiger partial charge in [-0.15, -0.1) is 0 Å². The van der Waals surface area contributed by atoms with Gasteiger partial charge in [-0.1, -0.05) is 13.8 Å². The van der Waals surface area contributed by atoms with E-state index in [1.807, 2.05) is 0 Å². The van der Waals surface area contributed by atoms with E-state index in [0.717, 1.165) is 10.5 Å². The van der Waals surface area contributed by atoms with Crippen molar-refractivity contribution < 1.29 is 0 Å². The van der Waals surface area contributed by atoms with Crippen molar-refractivity contribution in [2.24, 2.45) is 0 Å². The van der Waals surface area contributed by atoms with Crippen LogP contribution in [0, 0.1) is 0 Å². The third-order valence-electron chi connectivity index (χ3n) is 2.36. The molecule has 1 rings (SSSR count). The van der Waals surface area contributed by atoms with Gasteiger partial charge in [0.15, 0.2) is 0 Å². The average molecular weight is 159 g/mol. The predicted octanol–water partition coefficient (Wildman–Crippen LogP) is 1.88. The van der Waals surface area contributed by atoms with E-state index in [1.165, 1.54) is 0 Å². The number of rotatable bonds is 0. The van der Waals surface area contributed by atoms with Gasteiger partial charge in [0.05, 0.1) is 0 Å². The lowest BCUT2D eigenvalue weighted by Crippen LogP contribution is -2.49. The molecule has 1 N–H and O–H groups in total. The Bertz CT molecular complexity index is 89.8. The molecule has 0 bridgehead atoms. The fraction of sp³-hybridized carbons (Fsp3) is 1.00. The highest BCUT2D eigenvalue weighted by Crippen LogP contribution is 2.27. The van der Waals surface area contributed by atoms with E-state index in [4.69, 9.17) is 0 Å². The largest absolute Gasteiger partial charge is 0.310 e. The summed E-state index contributed by atoms with van der Waals surface area (Å²) in [6, 6.07) is 1.35. The molecule has 0 aromatic carbocycles. The second-order valence-corrected chi connectivity index (χ2v) is 5.05. The van der Waals surface area contributed by atoms with Crippen LogP contribution >= 0.6 is 11.8 Å². The van der Waals surface area contributed by atoms with Gasteiger partial charge in [-0.2, -0.15) is 11.8 Å². The quantitative estimate of drug-likeness (QED) is 0.579. The molecule has 0 saturated carbocycles. The van der Waals surface area contributed by atoms with Gasteiger partial charge >= 0.3 is 0 Å². The number of hydrogen-bond acceptors (Lipinski definition) is 2. The zero-order valence-electron chi connectivity index (χ0n) is 7.22. The van der Waals surface area contributed by atoms with Crippen LogP contribution in [0.15, 0.2) is 0 Å². The Labute approximate surface area is 68.0 Å². The van der Waals surface area contributed by atoms with Crippen molar-refractivity contribution in [2.75, 3.05) is 0 Å². The molecule has 4 unspecified atom stereocenters. The maximum Gasteiger partial charge on any atom is 0.0173 e. The molecule has 0 amide bonds. The highest BCUT2D eigenvalue weighted by atomic mass is 32.2. The Morgan fingerprint density at radius 3 is 1.60 bits per heavy atom.